The first kappa shape index (κ1) is 12.9. The van der Waals surface area contributed by atoms with Gasteiger partial charge in [0.1, 0.15) is 5.75 Å². The fourth-order valence-corrected chi connectivity index (χ4v) is 2.52. The first-order chi connectivity index (χ1) is 8.22. The Bertz CT molecular complexity index is 391. The van der Waals surface area contributed by atoms with E-state index >= 15 is 0 Å². The van der Waals surface area contributed by atoms with Gasteiger partial charge in [0.05, 0.1) is 25.7 Å². The maximum atomic E-state index is 5.46. The van der Waals surface area contributed by atoms with Crippen molar-refractivity contribution in [2.75, 3.05) is 33.4 Å². The Morgan fingerprint density at radius 2 is 2.24 bits per heavy atom. The predicted molar refractivity (Wildman–Crippen MR) is 71.7 cm³/mol. The Labute approximate surface area is 111 Å². The molecule has 0 saturated carbocycles. The van der Waals surface area contributed by atoms with Gasteiger partial charge >= 0.3 is 0 Å². The van der Waals surface area contributed by atoms with E-state index in [0.29, 0.717) is 0 Å². The first-order valence-electron chi connectivity index (χ1n) is 5.84. The highest BCUT2D eigenvalue weighted by Gasteiger charge is 2.42. The maximum Gasteiger partial charge on any atom is 0.122 e. The number of likely N-dealkylation sites (N-methyl/N-ethyl adjacent to an activating group) is 1. The summed E-state index contributed by atoms with van der Waals surface area (Å²) in [6.07, 6.45) is 0. The minimum Gasteiger partial charge on any atom is -0.496 e. The van der Waals surface area contributed by atoms with Crippen LogP contribution in [0.25, 0.3) is 0 Å². The number of halogens is 1. The summed E-state index contributed by atoms with van der Waals surface area (Å²) in [6, 6.07) is 6.15. The van der Waals surface area contributed by atoms with Gasteiger partial charge in [-0.15, -0.1) is 0 Å². The van der Waals surface area contributed by atoms with Crippen molar-refractivity contribution in [2.24, 2.45) is 0 Å². The molecule has 1 fully saturated rings. The van der Waals surface area contributed by atoms with Gasteiger partial charge < -0.3 is 14.8 Å². The van der Waals surface area contributed by atoms with Crippen LogP contribution in [0.5, 0.6) is 5.75 Å². The van der Waals surface area contributed by atoms with Crippen molar-refractivity contribution < 1.29 is 9.47 Å². The van der Waals surface area contributed by atoms with Gasteiger partial charge in [-0.05, 0) is 24.7 Å². The molecule has 0 amide bonds. The lowest BCUT2D eigenvalue weighted by atomic mass is 9.78. The van der Waals surface area contributed by atoms with Crippen molar-refractivity contribution in [2.45, 2.75) is 12.3 Å². The zero-order valence-corrected chi connectivity index (χ0v) is 11.8. The molecule has 1 heterocycles. The third-order valence-corrected chi connectivity index (χ3v) is 3.70. The molecule has 0 unspecified atom stereocenters. The van der Waals surface area contributed by atoms with E-state index in [1.807, 2.05) is 12.1 Å². The van der Waals surface area contributed by atoms with Crippen molar-refractivity contribution in [1.29, 1.82) is 0 Å². The minimum absolute atomic E-state index is 0.0606. The molecular formula is C13H18BrNO2. The molecule has 0 aromatic heterocycles. The molecule has 1 N–H and O–H groups in total. The van der Waals surface area contributed by atoms with E-state index < -0.39 is 0 Å². The molecule has 1 aliphatic rings. The Hall–Kier alpha value is -0.580. The normalized spacial score (nSPS) is 17.6. The lowest BCUT2D eigenvalue weighted by Crippen LogP contribution is -2.53. The van der Waals surface area contributed by atoms with Gasteiger partial charge in [-0.3, -0.25) is 0 Å². The van der Waals surface area contributed by atoms with Gasteiger partial charge in [-0.2, -0.15) is 0 Å². The number of hydrogen-bond acceptors (Lipinski definition) is 3. The van der Waals surface area contributed by atoms with E-state index in [1.54, 1.807) is 7.11 Å². The van der Waals surface area contributed by atoms with Crippen molar-refractivity contribution in [3.8, 4) is 5.75 Å². The van der Waals surface area contributed by atoms with E-state index in [2.05, 4.69) is 34.2 Å². The number of methoxy groups -OCH3 is 1. The summed E-state index contributed by atoms with van der Waals surface area (Å²) >= 11 is 3.52. The summed E-state index contributed by atoms with van der Waals surface area (Å²) in [4.78, 5) is 0. The van der Waals surface area contributed by atoms with E-state index in [0.717, 1.165) is 36.5 Å². The largest absolute Gasteiger partial charge is 0.496 e. The zero-order valence-electron chi connectivity index (χ0n) is 10.3. The molecule has 2 rings (SSSR count). The quantitative estimate of drug-likeness (QED) is 0.905. The van der Waals surface area contributed by atoms with Gasteiger partial charge in [0.15, 0.2) is 0 Å². The highest BCUT2D eigenvalue weighted by molar-refractivity contribution is 9.10. The molecule has 0 aliphatic carbocycles. The molecular weight excluding hydrogens is 282 g/mol. The molecule has 1 saturated heterocycles. The minimum atomic E-state index is 0.0606. The highest BCUT2D eigenvalue weighted by atomic mass is 79.9. The number of rotatable bonds is 5. The third kappa shape index (κ3) is 2.49. The van der Waals surface area contributed by atoms with Gasteiger partial charge in [0, 0.05) is 16.6 Å². The van der Waals surface area contributed by atoms with Gasteiger partial charge in [0.25, 0.3) is 0 Å². The summed E-state index contributed by atoms with van der Waals surface area (Å²) < 4.78 is 12.0. The summed E-state index contributed by atoms with van der Waals surface area (Å²) in [7, 11) is 1.72. The second kappa shape index (κ2) is 5.38. The molecule has 4 heteroatoms. The van der Waals surface area contributed by atoms with Crippen LogP contribution in [0.1, 0.15) is 12.5 Å². The number of ether oxygens (including phenoxy) is 2. The van der Waals surface area contributed by atoms with Crippen LogP contribution in [0.3, 0.4) is 0 Å². The van der Waals surface area contributed by atoms with Crippen LogP contribution < -0.4 is 10.1 Å². The smallest absolute Gasteiger partial charge is 0.122 e. The highest BCUT2D eigenvalue weighted by Crippen LogP contribution is 2.39. The molecule has 1 aliphatic heterocycles. The van der Waals surface area contributed by atoms with Gasteiger partial charge in [0.2, 0.25) is 0 Å². The Morgan fingerprint density at radius 1 is 1.47 bits per heavy atom. The summed E-state index contributed by atoms with van der Waals surface area (Å²) in [6.45, 7) is 5.53. The van der Waals surface area contributed by atoms with Crippen LogP contribution in [0.4, 0.5) is 0 Å². The predicted octanol–water partition coefficient (Wildman–Crippen LogP) is 2.34. The average molecular weight is 300 g/mol. The molecule has 0 radical (unpaired) electrons. The second-order valence-corrected chi connectivity index (χ2v) is 5.31. The fraction of sp³-hybridized carbons (Fsp3) is 0.538. The van der Waals surface area contributed by atoms with Gasteiger partial charge in [-0.1, -0.05) is 22.9 Å². The van der Waals surface area contributed by atoms with E-state index in [1.165, 1.54) is 5.56 Å². The molecule has 17 heavy (non-hydrogen) atoms. The Morgan fingerprint density at radius 3 is 2.76 bits per heavy atom. The Balaban J connectivity index is 2.32. The van der Waals surface area contributed by atoms with Crippen LogP contribution in [-0.2, 0) is 10.2 Å². The molecule has 3 nitrogen and oxygen atoms in total. The first-order valence-corrected chi connectivity index (χ1v) is 6.63. The van der Waals surface area contributed by atoms with Crippen LogP contribution in [0.2, 0.25) is 0 Å². The molecule has 1 aromatic rings. The summed E-state index contributed by atoms with van der Waals surface area (Å²) in [5, 5.41) is 3.41. The monoisotopic (exact) mass is 299 g/mol. The molecule has 0 atom stereocenters. The summed E-state index contributed by atoms with van der Waals surface area (Å²) in [5.41, 5.74) is 1.28. The topological polar surface area (TPSA) is 30.5 Å². The van der Waals surface area contributed by atoms with Crippen LogP contribution in [-0.4, -0.2) is 33.4 Å². The standard InChI is InChI=1S/C13H18BrNO2/c1-3-15-7-13(8-17-9-13)11-6-10(14)4-5-12(11)16-2/h4-6,15H,3,7-9H2,1-2H3. The molecule has 94 valence electrons. The number of nitrogens with one attached hydrogen (secondary N) is 1. The zero-order chi connectivity index (χ0) is 12.3. The van der Waals surface area contributed by atoms with Crippen molar-refractivity contribution >= 4 is 15.9 Å². The lowest BCUT2D eigenvalue weighted by Gasteiger charge is -2.42. The molecule has 1 aromatic carbocycles. The van der Waals surface area contributed by atoms with Crippen LogP contribution in [0.15, 0.2) is 22.7 Å². The van der Waals surface area contributed by atoms with Gasteiger partial charge in [-0.25, -0.2) is 0 Å². The Kier molecular flexibility index (Phi) is 4.07. The average Bonchev–Trinajstić information content (AvgIpc) is 2.28. The number of benzene rings is 1. The van der Waals surface area contributed by atoms with E-state index in [-0.39, 0.29) is 5.41 Å². The van der Waals surface area contributed by atoms with Crippen molar-refractivity contribution in [1.82, 2.24) is 5.32 Å². The van der Waals surface area contributed by atoms with E-state index in [9.17, 15) is 0 Å². The second-order valence-electron chi connectivity index (χ2n) is 4.40. The summed E-state index contributed by atoms with van der Waals surface area (Å²) in [5.74, 6) is 0.939. The van der Waals surface area contributed by atoms with Crippen LogP contribution in [0, 0.1) is 0 Å². The van der Waals surface area contributed by atoms with Crippen molar-refractivity contribution in [3.63, 3.8) is 0 Å². The third-order valence-electron chi connectivity index (χ3n) is 3.20. The fourth-order valence-electron chi connectivity index (χ4n) is 2.16. The number of hydrogen-bond donors (Lipinski definition) is 1. The van der Waals surface area contributed by atoms with E-state index in [4.69, 9.17) is 9.47 Å². The lowest BCUT2D eigenvalue weighted by molar-refractivity contribution is -0.0597. The van der Waals surface area contributed by atoms with Crippen molar-refractivity contribution in [3.05, 3.63) is 28.2 Å². The van der Waals surface area contributed by atoms with Crippen LogP contribution >= 0.6 is 15.9 Å². The molecule has 0 spiro atoms. The molecule has 0 bridgehead atoms. The maximum absolute atomic E-state index is 5.46. The SMILES string of the molecule is CCNCC1(c2cc(Br)ccc2OC)COC1.